The minimum Gasteiger partial charge on any atom is -0.459 e. The fourth-order valence-corrected chi connectivity index (χ4v) is 8.36. The van der Waals surface area contributed by atoms with Crippen LogP contribution in [0.25, 0.3) is 0 Å². The lowest BCUT2D eigenvalue weighted by atomic mass is 9.95. The van der Waals surface area contributed by atoms with Gasteiger partial charge in [-0.15, -0.1) is 0 Å². The third-order valence-corrected chi connectivity index (χ3v) is 20.3. The van der Waals surface area contributed by atoms with E-state index < -0.39 is 73.9 Å². The first kappa shape index (κ1) is 56.1. The molecule has 1 aliphatic rings. The number of nitrogens with zero attached hydrogens (tertiary/aromatic N) is 2. The molecule has 0 aromatic rings. The Balaban J connectivity index is 3.83. The van der Waals surface area contributed by atoms with Crippen molar-refractivity contribution in [2.24, 2.45) is 0 Å². The van der Waals surface area contributed by atoms with Crippen molar-refractivity contribution in [1.82, 2.24) is 20.4 Å². The Kier molecular flexibility index (Phi) is 19.0. The van der Waals surface area contributed by atoms with Gasteiger partial charge in [-0.2, -0.15) is 0 Å². The quantitative estimate of drug-likeness (QED) is 0.109. The van der Waals surface area contributed by atoms with E-state index in [4.69, 9.17) is 27.8 Å². The van der Waals surface area contributed by atoms with Crippen LogP contribution in [0.2, 0.25) is 36.3 Å². The van der Waals surface area contributed by atoms with Gasteiger partial charge in [-0.05, 0) is 119 Å². The lowest BCUT2D eigenvalue weighted by molar-refractivity contribution is -0.164. The molecule has 16 heteroatoms. The summed E-state index contributed by atoms with van der Waals surface area (Å²) in [6.45, 7) is 43.9. The predicted molar refractivity (Wildman–Crippen MR) is 244 cm³/mol. The highest BCUT2D eigenvalue weighted by Crippen LogP contribution is 2.37. The van der Waals surface area contributed by atoms with Crippen molar-refractivity contribution in [1.29, 1.82) is 0 Å². The van der Waals surface area contributed by atoms with Crippen molar-refractivity contribution in [2.75, 3.05) is 65.7 Å². The Labute approximate surface area is 366 Å². The number of amides is 2. The summed E-state index contributed by atoms with van der Waals surface area (Å²) in [6.07, 6.45) is 0. The molecule has 2 amide bonds. The van der Waals surface area contributed by atoms with Gasteiger partial charge in [0.1, 0.15) is 11.2 Å². The van der Waals surface area contributed by atoms with Crippen LogP contribution in [0.3, 0.4) is 0 Å². The van der Waals surface area contributed by atoms with Crippen LogP contribution in [0, 0.1) is 0 Å². The molecular formula is C44H88N4O10Si2. The van der Waals surface area contributed by atoms with Crippen LogP contribution in [0.15, 0.2) is 0 Å². The molecule has 352 valence electrons. The van der Waals surface area contributed by atoms with E-state index in [1.807, 2.05) is 27.7 Å². The van der Waals surface area contributed by atoms with Crippen LogP contribution in [-0.4, -0.2) is 149 Å². The minimum absolute atomic E-state index is 0.0201. The van der Waals surface area contributed by atoms with E-state index in [0.717, 1.165) is 0 Å². The van der Waals surface area contributed by atoms with Gasteiger partial charge in [0.25, 0.3) is 11.8 Å². The number of hydrogen-bond acceptors (Lipinski definition) is 12. The smallest absolute Gasteiger partial charge is 0.320 e. The number of rotatable bonds is 14. The van der Waals surface area contributed by atoms with E-state index >= 15 is 0 Å². The fraction of sp³-hybridized carbons (Fsp3) is 0.909. The molecule has 0 aliphatic carbocycles. The molecule has 60 heavy (non-hydrogen) atoms. The maximum atomic E-state index is 14.7. The predicted octanol–water partition coefficient (Wildman–Crippen LogP) is 6.67. The summed E-state index contributed by atoms with van der Waals surface area (Å²) in [5, 5.41) is 6.36. The SMILES string of the molecule is CC1(C)CN(CC(=O)OC(C)(C)C)C[C@](C)(OCCO[Si](C)(C)C(C)(C)C)C(=O)NC(C)(C)CN(CC(=O)OC(C)(C)C)C[C@](C)(OCCO[Si](C)(C)C(C)(C)C)C(=O)N1. The maximum absolute atomic E-state index is 14.7. The zero-order chi connectivity index (χ0) is 47.2. The second-order valence-electron chi connectivity index (χ2n) is 23.5. The van der Waals surface area contributed by atoms with Gasteiger partial charge in [0.15, 0.2) is 27.8 Å². The molecule has 0 aromatic heterocycles. The lowest BCUT2D eigenvalue weighted by Gasteiger charge is -2.44. The van der Waals surface area contributed by atoms with Crippen LogP contribution in [0.4, 0.5) is 0 Å². The summed E-state index contributed by atoms with van der Waals surface area (Å²) in [4.78, 5) is 59.9. The maximum Gasteiger partial charge on any atom is 0.320 e. The van der Waals surface area contributed by atoms with Gasteiger partial charge in [0.05, 0.1) is 39.5 Å². The molecule has 1 fully saturated rings. The monoisotopic (exact) mass is 889 g/mol. The molecule has 1 heterocycles. The Morgan fingerprint density at radius 1 is 0.533 bits per heavy atom. The number of nitrogens with one attached hydrogen (secondary N) is 2. The van der Waals surface area contributed by atoms with Crippen LogP contribution in [0.1, 0.15) is 125 Å². The van der Waals surface area contributed by atoms with Gasteiger partial charge in [0, 0.05) is 37.3 Å². The number of ether oxygens (including phenoxy) is 4. The number of hydrogen-bond donors (Lipinski definition) is 2. The van der Waals surface area contributed by atoms with E-state index in [9.17, 15) is 19.2 Å². The number of esters is 2. The third kappa shape index (κ3) is 19.2. The third-order valence-electron chi connectivity index (χ3n) is 11.2. The van der Waals surface area contributed by atoms with E-state index in [1.54, 1.807) is 65.2 Å². The normalized spacial score (nSPS) is 23.6. The second-order valence-corrected chi connectivity index (χ2v) is 33.1. The van der Waals surface area contributed by atoms with Gasteiger partial charge >= 0.3 is 11.9 Å². The first-order valence-corrected chi connectivity index (χ1v) is 27.4. The van der Waals surface area contributed by atoms with Crippen LogP contribution in [0.5, 0.6) is 0 Å². The van der Waals surface area contributed by atoms with Gasteiger partial charge < -0.3 is 38.4 Å². The molecule has 1 saturated heterocycles. The fourth-order valence-electron chi connectivity index (χ4n) is 6.30. The molecule has 0 saturated carbocycles. The van der Waals surface area contributed by atoms with Gasteiger partial charge in [-0.1, -0.05) is 41.5 Å². The average Bonchev–Trinajstić information content (AvgIpc) is 2.96. The lowest BCUT2D eigenvalue weighted by Crippen LogP contribution is -2.66. The van der Waals surface area contributed by atoms with Crippen LogP contribution >= 0.6 is 0 Å². The standard InChI is InChI=1S/C44H88N4O10Si2/c1-37(2,3)57-33(49)27-47-29-41(13,14)45-36(52)44(18,54-24-26-56-60(21,22)40(10,11)12)32-48(28-34(50)58-38(4,5)6)30-42(15,16)46-35(51)43(17,31-47)53-23-25-55-59(19,20)39(7,8)9/h23-32H2,1-22H3,(H,45,52)(H,46,51)/t43-,44-/m0/s1. The van der Waals surface area contributed by atoms with Crippen molar-refractivity contribution in [3.63, 3.8) is 0 Å². The highest BCUT2D eigenvalue weighted by Gasteiger charge is 2.46. The molecule has 2 atom stereocenters. The van der Waals surface area contributed by atoms with Gasteiger partial charge in [0.2, 0.25) is 0 Å². The van der Waals surface area contributed by atoms with Crippen LogP contribution < -0.4 is 10.6 Å². The molecule has 1 rings (SSSR count). The molecule has 2 N–H and O–H groups in total. The van der Waals surface area contributed by atoms with E-state index in [1.165, 1.54) is 0 Å². The molecule has 0 spiro atoms. The summed E-state index contributed by atoms with van der Waals surface area (Å²) in [5.74, 6) is -1.79. The molecule has 0 bridgehead atoms. The molecule has 0 unspecified atom stereocenters. The summed E-state index contributed by atoms with van der Waals surface area (Å²) >= 11 is 0. The average molecular weight is 889 g/mol. The molecular weight excluding hydrogens is 801 g/mol. The first-order chi connectivity index (χ1) is 26.5. The zero-order valence-corrected chi connectivity index (χ0v) is 44.0. The van der Waals surface area contributed by atoms with Crippen molar-refractivity contribution in [3.8, 4) is 0 Å². The Bertz CT molecular complexity index is 1350. The van der Waals surface area contributed by atoms with Gasteiger partial charge in [-0.3, -0.25) is 29.0 Å². The minimum atomic E-state index is -2.12. The number of carbonyl (C=O) groups is 4. The molecule has 1 aliphatic heterocycles. The Morgan fingerprint density at radius 3 is 1.07 bits per heavy atom. The summed E-state index contributed by atoms with van der Waals surface area (Å²) in [6, 6.07) is 0. The second kappa shape index (κ2) is 20.3. The van der Waals surface area contributed by atoms with Crippen molar-refractivity contribution >= 4 is 40.4 Å². The topological polar surface area (TPSA) is 154 Å². The first-order valence-electron chi connectivity index (χ1n) is 21.6. The number of carbonyl (C=O) groups excluding carboxylic acids is 4. The van der Waals surface area contributed by atoms with Crippen LogP contribution in [-0.2, 0) is 47.0 Å². The van der Waals surface area contributed by atoms with E-state index in [0.29, 0.717) is 0 Å². The van der Waals surface area contributed by atoms with E-state index in [2.05, 4.69) is 78.4 Å². The molecule has 14 nitrogen and oxygen atoms in total. The molecule has 0 aromatic carbocycles. The highest BCUT2D eigenvalue weighted by molar-refractivity contribution is 6.74. The summed E-state index contributed by atoms with van der Waals surface area (Å²) < 4.78 is 37.3. The van der Waals surface area contributed by atoms with E-state index in [-0.39, 0.29) is 75.8 Å². The summed E-state index contributed by atoms with van der Waals surface area (Å²) in [5.41, 5.74) is -6.40. The largest absolute Gasteiger partial charge is 0.459 e. The Morgan fingerprint density at radius 2 is 0.817 bits per heavy atom. The summed E-state index contributed by atoms with van der Waals surface area (Å²) in [7, 11) is -4.24. The zero-order valence-electron chi connectivity index (χ0n) is 42.0. The van der Waals surface area contributed by atoms with Gasteiger partial charge in [-0.25, -0.2) is 0 Å². The highest BCUT2D eigenvalue weighted by atomic mass is 28.4. The Hall–Kier alpha value is -1.93. The molecule has 0 radical (unpaired) electrons. The van der Waals surface area contributed by atoms with Crippen molar-refractivity contribution < 1.29 is 47.0 Å². The van der Waals surface area contributed by atoms with Crippen molar-refractivity contribution in [2.45, 2.75) is 194 Å². The van der Waals surface area contributed by atoms with Crippen molar-refractivity contribution in [3.05, 3.63) is 0 Å².